The zero-order valence-electron chi connectivity index (χ0n) is 13.1. The molecule has 0 bridgehead atoms. The number of methoxy groups -OCH3 is 1. The van der Waals surface area contributed by atoms with Crippen molar-refractivity contribution >= 4 is 21.8 Å². The molecule has 1 aromatic rings. The maximum Gasteiger partial charge on any atom is 0.254 e. The molecule has 122 valence electrons. The van der Waals surface area contributed by atoms with Crippen LogP contribution in [0.3, 0.4) is 0 Å². The third kappa shape index (κ3) is 3.93. The van der Waals surface area contributed by atoms with Gasteiger partial charge in [0.05, 0.1) is 18.2 Å². The topological polar surface area (TPSA) is 64.8 Å². The average Bonchev–Trinajstić information content (AvgIpc) is 2.52. The second-order valence-corrected chi connectivity index (χ2v) is 6.35. The Morgan fingerprint density at radius 2 is 2.27 bits per heavy atom. The van der Waals surface area contributed by atoms with Gasteiger partial charge >= 0.3 is 0 Å². The van der Waals surface area contributed by atoms with E-state index in [1.807, 2.05) is 11.8 Å². The van der Waals surface area contributed by atoms with E-state index >= 15 is 0 Å². The van der Waals surface area contributed by atoms with Gasteiger partial charge in [-0.05, 0) is 47.3 Å². The zero-order chi connectivity index (χ0) is 16.1. The second-order valence-electron chi connectivity index (χ2n) is 5.49. The summed E-state index contributed by atoms with van der Waals surface area (Å²) in [5.74, 6) is 1.18. The molecule has 0 aliphatic carbocycles. The first-order valence-electron chi connectivity index (χ1n) is 7.62. The first-order chi connectivity index (χ1) is 10.6. The van der Waals surface area contributed by atoms with Crippen LogP contribution in [0.4, 0.5) is 0 Å². The van der Waals surface area contributed by atoms with E-state index in [-0.39, 0.29) is 11.9 Å². The van der Waals surface area contributed by atoms with Crippen LogP contribution in [0.15, 0.2) is 16.6 Å². The molecule has 0 saturated carbocycles. The first kappa shape index (κ1) is 17.1. The number of ether oxygens (including phenoxy) is 2. The Labute approximate surface area is 139 Å². The Morgan fingerprint density at radius 1 is 1.50 bits per heavy atom. The maximum atomic E-state index is 12.6. The molecular formula is C16H23BrN2O3. The molecule has 5 nitrogen and oxygen atoms in total. The van der Waals surface area contributed by atoms with Crippen LogP contribution in [0, 0.1) is 0 Å². The van der Waals surface area contributed by atoms with E-state index in [1.54, 1.807) is 19.2 Å². The number of likely N-dealkylation sites (tertiary alicyclic amines) is 1. The van der Waals surface area contributed by atoms with Crippen molar-refractivity contribution in [1.82, 2.24) is 4.90 Å². The molecule has 22 heavy (non-hydrogen) atoms. The van der Waals surface area contributed by atoms with Crippen molar-refractivity contribution in [1.29, 1.82) is 0 Å². The van der Waals surface area contributed by atoms with E-state index in [2.05, 4.69) is 15.9 Å². The lowest BCUT2D eigenvalue weighted by molar-refractivity contribution is 0.0708. The minimum absolute atomic E-state index is 0.0174. The van der Waals surface area contributed by atoms with Crippen LogP contribution in [0.5, 0.6) is 11.5 Å². The molecular weight excluding hydrogens is 348 g/mol. The lowest BCUT2D eigenvalue weighted by Crippen LogP contribution is -2.45. The fourth-order valence-electron chi connectivity index (χ4n) is 2.56. The van der Waals surface area contributed by atoms with Gasteiger partial charge in [-0.2, -0.15) is 0 Å². The fourth-order valence-corrected chi connectivity index (χ4v) is 3.12. The van der Waals surface area contributed by atoms with E-state index < -0.39 is 0 Å². The number of rotatable bonds is 5. The van der Waals surface area contributed by atoms with E-state index in [0.717, 1.165) is 30.3 Å². The van der Waals surface area contributed by atoms with Gasteiger partial charge in [-0.25, -0.2) is 0 Å². The fraction of sp³-hybridized carbons (Fsp3) is 0.562. The summed E-state index contributed by atoms with van der Waals surface area (Å²) in [6.45, 7) is 3.99. The van der Waals surface area contributed by atoms with Gasteiger partial charge in [0, 0.05) is 24.7 Å². The highest BCUT2D eigenvalue weighted by molar-refractivity contribution is 9.10. The largest absolute Gasteiger partial charge is 0.493 e. The van der Waals surface area contributed by atoms with Crippen molar-refractivity contribution in [3.63, 3.8) is 0 Å². The molecule has 6 heteroatoms. The lowest BCUT2D eigenvalue weighted by Gasteiger charge is -2.31. The molecule has 1 aliphatic rings. The van der Waals surface area contributed by atoms with Crippen LogP contribution >= 0.6 is 15.9 Å². The lowest BCUT2D eigenvalue weighted by atomic mass is 10.1. The van der Waals surface area contributed by atoms with Crippen LogP contribution in [0.1, 0.15) is 36.5 Å². The number of piperidine rings is 1. The van der Waals surface area contributed by atoms with E-state index in [1.165, 1.54) is 0 Å². The SMILES string of the molecule is CCCOc1c(Br)cc(C(=O)N2CCC[C@H](N)C2)cc1OC. The van der Waals surface area contributed by atoms with Gasteiger partial charge < -0.3 is 20.1 Å². The summed E-state index contributed by atoms with van der Waals surface area (Å²) in [6.07, 6.45) is 2.82. The molecule has 1 atom stereocenters. The summed E-state index contributed by atoms with van der Waals surface area (Å²) >= 11 is 3.47. The summed E-state index contributed by atoms with van der Waals surface area (Å²) in [5, 5.41) is 0. The van der Waals surface area contributed by atoms with Crippen molar-refractivity contribution in [3.05, 3.63) is 22.2 Å². The van der Waals surface area contributed by atoms with Gasteiger partial charge in [0.2, 0.25) is 0 Å². The Balaban J connectivity index is 2.24. The summed E-state index contributed by atoms with van der Waals surface area (Å²) in [4.78, 5) is 14.5. The molecule has 1 fully saturated rings. The molecule has 2 N–H and O–H groups in total. The van der Waals surface area contributed by atoms with Crippen LogP contribution in [-0.2, 0) is 0 Å². The molecule has 1 saturated heterocycles. The number of nitrogens with two attached hydrogens (primary N) is 1. The molecule has 1 heterocycles. The smallest absolute Gasteiger partial charge is 0.254 e. The van der Waals surface area contributed by atoms with Crippen LogP contribution in [0.2, 0.25) is 0 Å². The van der Waals surface area contributed by atoms with Gasteiger partial charge in [-0.15, -0.1) is 0 Å². The van der Waals surface area contributed by atoms with Gasteiger partial charge in [0.1, 0.15) is 0 Å². The number of carbonyl (C=O) groups is 1. The second kappa shape index (κ2) is 7.83. The number of carbonyl (C=O) groups excluding carboxylic acids is 1. The molecule has 1 aromatic carbocycles. The number of nitrogens with zero attached hydrogens (tertiary/aromatic N) is 1. The monoisotopic (exact) mass is 370 g/mol. The number of hydrogen-bond donors (Lipinski definition) is 1. The van der Waals surface area contributed by atoms with Gasteiger partial charge in [0.25, 0.3) is 5.91 Å². The summed E-state index contributed by atoms with van der Waals surface area (Å²) in [6, 6.07) is 3.59. The molecule has 2 rings (SSSR count). The standard InChI is InChI=1S/C16H23BrN2O3/c1-3-7-22-15-13(17)8-11(9-14(15)21-2)16(20)19-6-4-5-12(18)10-19/h8-9,12H,3-7,10,18H2,1-2H3/t12-/m0/s1. The summed E-state index contributed by atoms with van der Waals surface area (Å²) in [5.41, 5.74) is 6.54. The number of amides is 1. The van der Waals surface area contributed by atoms with Crippen molar-refractivity contribution in [2.75, 3.05) is 26.8 Å². The normalized spacial score (nSPS) is 18.2. The van der Waals surface area contributed by atoms with Crippen molar-refractivity contribution in [2.45, 2.75) is 32.2 Å². The molecule has 0 radical (unpaired) electrons. The first-order valence-corrected chi connectivity index (χ1v) is 8.41. The number of hydrogen-bond acceptors (Lipinski definition) is 4. The minimum atomic E-state index is -0.0174. The predicted molar refractivity (Wildman–Crippen MR) is 89.6 cm³/mol. The van der Waals surface area contributed by atoms with Crippen molar-refractivity contribution in [2.24, 2.45) is 5.73 Å². The molecule has 1 amide bonds. The quantitative estimate of drug-likeness (QED) is 0.865. The van der Waals surface area contributed by atoms with Crippen LogP contribution in [-0.4, -0.2) is 43.7 Å². The Bertz CT molecular complexity index is 536. The molecule has 1 aliphatic heterocycles. The van der Waals surface area contributed by atoms with Gasteiger partial charge in [0.15, 0.2) is 11.5 Å². The molecule has 0 unspecified atom stereocenters. The minimum Gasteiger partial charge on any atom is -0.493 e. The van der Waals surface area contributed by atoms with E-state index in [4.69, 9.17) is 15.2 Å². The molecule has 0 spiro atoms. The maximum absolute atomic E-state index is 12.6. The Kier molecular flexibility index (Phi) is 6.08. The third-order valence-corrected chi connectivity index (χ3v) is 4.26. The van der Waals surface area contributed by atoms with Gasteiger partial charge in [-0.1, -0.05) is 6.92 Å². The summed E-state index contributed by atoms with van der Waals surface area (Å²) < 4.78 is 11.8. The van der Waals surface area contributed by atoms with Crippen LogP contribution < -0.4 is 15.2 Å². The zero-order valence-corrected chi connectivity index (χ0v) is 14.7. The predicted octanol–water partition coefficient (Wildman–Crippen LogP) is 2.81. The molecule has 0 aromatic heterocycles. The summed E-state index contributed by atoms with van der Waals surface area (Å²) in [7, 11) is 1.58. The Morgan fingerprint density at radius 3 is 2.91 bits per heavy atom. The highest BCUT2D eigenvalue weighted by atomic mass is 79.9. The van der Waals surface area contributed by atoms with E-state index in [9.17, 15) is 4.79 Å². The number of benzene rings is 1. The van der Waals surface area contributed by atoms with Crippen molar-refractivity contribution < 1.29 is 14.3 Å². The van der Waals surface area contributed by atoms with Crippen molar-refractivity contribution in [3.8, 4) is 11.5 Å². The number of halogens is 1. The average molecular weight is 371 g/mol. The Hall–Kier alpha value is -1.27. The van der Waals surface area contributed by atoms with Gasteiger partial charge in [-0.3, -0.25) is 4.79 Å². The third-order valence-electron chi connectivity index (χ3n) is 3.67. The highest BCUT2D eigenvalue weighted by Gasteiger charge is 2.24. The van der Waals surface area contributed by atoms with E-state index in [0.29, 0.717) is 30.2 Å². The highest BCUT2D eigenvalue weighted by Crippen LogP contribution is 2.37. The van der Waals surface area contributed by atoms with Crippen LogP contribution in [0.25, 0.3) is 0 Å².